The van der Waals surface area contributed by atoms with Gasteiger partial charge in [-0.2, -0.15) is 0 Å². The predicted octanol–water partition coefficient (Wildman–Crippen LogP) is 2.97. The minimum Gasteiger partial charge on any atom is -0.440 e. The quantitative estimate of drug-likeness (QED) is 0.690. The van der Waals surface area contributed by atoms with E-state index in [4.69, 9.17) is 4.42 Å². The Balaban J connectivity index is 1.29. The van der Waals surface area contributed by atoms with Crippen molar-refractivity contribution in [2.24, 2.45) is 0 Å². The largest absolute Gasteiger partial charge is 0.440 e. The van der Waals surface area contributed by atoms with Gasteiger partial charge in [0.15, 0.2) is 11.5 Å². The molecule has 7 nitrogen and oxygen atoms in total. The zero-order valence-electron chi connectivity index (χ0n) is 15.7. The van der Waals surface area contributed by atoms with Crippen LogP contribution in [0.1, 0.15) is 31.1 Å². The molecule has 4 rings (SSSR count). The molecule has 7 heteroatoms. The summed E-state index contributed by atoms with van der Waals surface area (Å²) in [6.45, 7) is 2.47. The molecule has 1 aliphatic heterocycles. The maximum atomic E-state index is 12.5. The first-order valence-corrected chi connectivity index (χ1v) is 9.74. The average molecular weight is 380 g/mol. The maximum Gasteiger partial charge on any atom is 0.317 e. The van der Waals surface area contributed by atoms with E-state index >= 15 is 0 Å². The summed E-state index contributed by atoms with van der Waals surface area (Å²) in [5.41, 5.74) is 1.62. The third-order valence-electron chi connectivity index (χ3n) is 5.12. The summed E-state index contributed by atoms with van der Waals surface area (Å²) in [7, 11) is 0. The van der Waals surface area contributed by atoms with Crippen molar-refractivity contribution >= 4 is 17.1 Å². The Morgan fingerprint density at radius 1 is 1.21 bits per heavy atom. The molecule has 1 aromatic carbocycles. The summed E-state index contributed by atoms with van der Waals surface area (Å²) in [6.07, 6.45) is 4.36. The van der Waals surface area contributed by atoms with Gasteiger partial charge in [-0.15, -0.1) is 0 Å². The first kappa shape index (κ1) is 18.3. The van der Waals surface area contributed by atoms with E-state index in [0.29, 0.717) is 31.9 Å². The number of hydrogen-bond acceptors (Lipinski definition) is 4. The molecule has 0 saturated carbocycles. The summed E-state index contributed by atoms with van der Waals surface area (Å²) < 4.78 is 7.54. The fourth-order valence-corrected chi connectivity index (χ4v) is 3.63. The van der Waals surface area contributed by atoms with Crippen LogP contribution in [0.3, 0.4) is 0 Å². The average Bonchev–Trinajstić information content (AvgIpc) is 3.17. The molecule has 3 heterocycles. The Hall–Kier alpha value is -3.09. The van der Waals surface area contributed by atoms with Gasteiger partial charge in [0.05, 0.1) is 5.92 Å². The van der Waals surface area contributed by atoms with Crippen molar-refractivity contribution in [1.82, 2.24) is 19.8 Å². The van der Waals surface area contributed by atoms with Gasteiger partial charge in [0.1, 0.15) is 5.52 Å². The number of piperidine rings is 1. The van der Waals surface area contributed by atoms with Gasteiger partial charge in [0.2, 0.25) is 5.56 Å². The molecule has 0 spiro atoms. The molecule has 146 valence electrons. The van der Waals surface area contributed by atoms with Crippen molar-refractivity contribution in [3.05, 3.63) is 64.9 Å². The number of aryl methyl sites for hydroxylation is 1. The standard InChI is InChI=1S/C21H24N4O3/c26-19-10-3-4-12-24(19)14-6-11-22-21(27)25-13-5-7-16(15-25)20-23-17-8-1-2-9-18(17)28-20/h1-4,8-10,12,16H,5-7,11,13-15H2,(H,22,27)/t16-/m0/s1. The Morgan fingerprint density at radius 3 is 2.93 bits per heavy atom. The molecule has 3 aromatic rings. The SMILES string of the molecule is O=C(NCCCn1ccccc1=O)N1CCC[C@H](c2nc3ccccc3o2)C1. The first-order chi connectivity index (χ1) is 13.7. The van der Waals surface area contributed by atoms with Crippen LogP contribution in [0.4, 0.5) is 4.79 Å². The lowest BCUT2D eigenvalue weighted by molar-refractivity contribution is 0.174. The van der Waals surface area contributed by atoms with E-state index in [9.17, 15) is 9.59 Å². The lowest BCUT2D eigenvalue weighted by Crippen LogP contribution is -2.45. The monoisotopic (exact) mass is 380 g/mol. The highest BCUT2D eigenvalue weighted by molar-refractivity contribution is 5.74. The van der Waals surface area contributed by atoms with Crippen molar-refractivity contribution in [1.29, 1.82) is 0 Å². The number of pyridine rings is 1. The van der Waals surface area contributed by atoms with Gasteiger partial charge in [0, 0.05) is 38.4 Å². The Labute approximate surface area is 163 Å². The number of rotatable bonds is 5. The van der Waals surface area contributed by atoms with Crippen LogP contribution in [-0.2, 0) is 6.54 Å². The summed E-state index contributed by atoms with van der Waals surface area (Å²) in [5.74, 6) is 0.831. The van der Waals surface area contributed by atoms with Crippen LogP contribution in [0.5, 0.6) is 0 Å². The zero-order chi connectivity index (χ0) is 19.3. The molecule has 0 unspecified atom stereocenters. The molecule has 2 amide bonds. The summed E-state index contributed by atoms with van der Waals surface area (Å²) in [4.78, 5) is 30.6. The van der Waals surface area contributed by atoms with Crippen LogP contribution in [0.25, 0.3) is 11.1 Å². The van der Waals surface area contributed by atoms with E-state index < -0.39 is 0 Å². The molecular weight excluding hydrogens is 356 g/mol. The normalized spacial score (nSPS) is 17.0. The first-order valence-electron chi connectivity index (χ1n) is 9.74. The van der Waals surface area contributed by atoms with Gasteiger partial charge >= 0.3 is 6.03 Å². The van der Waals surface area contributed by atoms with E-state index in [1.54, 1.807) is 22.9 Å². The van der Waals surface area contributed by atoms with Crippen LogP contribution >= 0.6 is 0 Å². The summed E-state index contributed by atoms with van der Waals surface area (Å²) >= 11 is 0. The Kier molecular flexibility index (Phi) is 5.41. The van der Waals surface area contributed by atoms with E-state index in [0.717, 1.165) is 30.5 Å². The minimum atomic E-state index is -0.0683. The van der Waals surface area contributed by atoms with Crippen molar-refractivity contribution in [2.45, 2.75) is 31.7 Å². The number of carbonyl (C=O) groups is 1. The second-order valence-electron chi connectivity index (χ2n) is 7.12. The fraction of sp³-hybridized carbons (Fsp3) is 0.381. The van der Waals surface area contributed by atoms with Crippen molar-refractivity contribution in [3.63, 3.8) is 0 Å². The predicted molar refractivity (Wildman–Crippen MR) is 106 cm³/mol. The molecule has 1 aliphatic rings. The molecule has 0 aliphatic carbocycles. The molecule has 1 atom stereocenters. The minimum absolute atomic E-state index is 0.0222. The number of nitrogens with zero attached hydrogens (tertiary/aromatic N) is 3. The fourth-order valence-electron chi connectivity index (χ4n) is 3.63. The number of likely N-dealkylation sites (tertiary alicyclic amines) is 1. The number of amides is 2. The highest BCUT2D eigenvalue weighted by Crippen LogP contribution is 2.28. The highest BCUT2D eigenvalue weighted by atomic mass is 16.3. The number of oxazole rings is 1. The molecule has 28 heavy (non-hydrogen) atoms. The zero-order valence-corrected chi connectivity index (χ0v) is 15.7. The number of aromatic nitrogens is 2. The second-order valence-corrected chi connectivity index (χ2v) is 7.12. The van der Waals surface area contributed by atoms with Crippen LogP contribution in [-0.4, -0.2) is 40.1 Å². The number of nitrogens with one attached hydrogen (secondary N) is 1. The molecule has 1 fully saturated rings. The van der Waals surface area contributed by atoms with E-state index in [-0.39, 0.29) is 17.5 Å². The maximum absolute atomic E-state index is 12.5. The summed E-state index contributed by atoms with van der Waals surface area (Å²) in [5, 5.41) is 2.96. The van der Waals surface area contributed by atoms with Crippen LogP contribution in [0.15, 0.2) is 57.9 Å². The van der Waals surface area contributed by atoms with Gasteiger partial charge in [-0.25, -0.2) is 9.78 Å². The number of urea groups is 1. The van der Waals surface area contributed by atoms with Crippen molar-refractivity contribution < 1.29 is 9.21 Å². The van der Waals surface area contributed by atoms with Gasteiger partial charge in [-0.3, -0.25) is 4.79 Å². The van der Waals surface area contributed by atoms with Gasteiger partial charge in [-0.05, 0) is 37.5 Å². The van der Waals surface area contributed by atoms with Gasteiger partial charge in [0.25, 0.3) is 0 Å². The van der Waals surface area contributed by atoms with Crippen LogP contribution in [0, 0.1) is 0 Å². The van der Waals surface area contributed by atoms with E-state index in [2.05, 4.69) is 10.3 Å². The van der Waals surface area contributed by atoms with Gasteiger partial charge < -0.3 is 19.2 Å². The van der Waals surface area contributed by atoms with Gasteiger partial charge in [-0.1, -0.05) is 18.2 Å². The Bertz CT molecular complexity index is 977. The topological polar surface area (TPSA) is 80.4 Å². The second kappa shape index (κ2) is 8.29. The van der Waals surface area contributed by atoms with Crippen LogP contribution < -0.4 is 10.9 Å². The van der Waals surface area contributed by atoms with Crippen molar-refractivity contribution in [3.8, 4) is 0 Å². The highest BCUT2D eigenvalue weighted by Gasteiger charge is 2.27. The molecule has 1 N–H and O–H groups in total. The number of fused-ring (bicyclic) bond motifs is 1. The molecule has 2 aromatic heterocycles. The van der Waals surface area contributed by atoms with E-state index in [1.807, 2.05) is 35.2 Å². The number of hydrogen-bond donors (Lipinski definition) is 1. The number of benzene rings is 1. The number of carbonyl (C=O) groups excluding carboxylic acids is 1. The molecule has 0 bridgehead atoms. The third-order valence-corrected chi connectivity index (χ3v) is 5.12. The Morgan fingerprint density at radius 2 is 2.07 bits per heavy atom. The van der Waals surface area contributed by atoms with E-state index in [1.165, 1.54) is 0 Å². The molecular formula is C21H24N4O3. The lowest BCUT2D eigenvalue weighted by atomic mass is 9.98. The van der Waals surface area contributed by atoms with Crippen LogP contribution in [0.2, 0.25) is 0 Å². The lowest BCUT2D eigenvalue weighted by Gasteiger charge is -2.31. The number of para-hydroxylation sites is 2. The summed E-state index contributed by atoms with van der Waals surface area (Å²) in [6, 6.07) is 12.8. The molecule has 1 saturated heterocycles. The molecule has 0 radical (unpaired) electrons. The van der Waals surface area contributed by atoms with Crippen molar-refractivity contribution in [2.75, 3.05) is 19.6 Å². The third kappa shape index (κ3) is 4.08. The smallest absolute Gasteiger partial charge is 0.317 e.